The van der Waals surface area contributed by atoms with E-state index in [4.69, 9.17) is 0 Å². The molecule has 23 heavy (non-hydrogen) atoms. The summed E-state index contributed by atoms with van der Waals surface area (Å²) in [6.45, 7) is 0.330. The first kappa shape index (κ1) is 17.0. The molecule has 0 aromatic heterocycles. The van der Waals surface area contributed by atoms with Crippen LogP contribution < -0.4 is 16.0 Å². The third-order valence-corrected chi connectivity index (χ3v) is 4.01. The van der Waals surface area contributed by atoms with E-state index in [0.29, 0.717) is 17.8 Å². The molecule has 124 valence electrons. The van der Waals surface area contributed by atoms with Gasteiger partial charge in [-0.05, 0) is 31.0 Å². The molecule has 0 bridgehead atoms. The van der Waals surface area contributed by atoms with E-state index in [2.05, 4.69) is 16.0 Å². The van der Waals surface area contributed by atoms with Crippen LogP contribution in [0.3, 0.4) is 0 Å². The van der Waals surface area contributed by atoms with Crippen LogP contribution in [0.2, 0.25) is 0 Å². The lowest BCUT2D eigenvalue weighted by Crippen LogP contribution is -2.32. The van der Waals surface area contributed by atoms with Gasteiger partial charge in [0.15, 0.2) is 0 Å². The number of rotatable bonds is 6. The average Bonchev–Trinajstić information content (AvgIpc) is 3.08. The Balaban J connectivity index is 1.76. The molecular formula is C17H23N3O3. The molecule has 3 N–H and O–H groups in total. The minimum absolute atomic E-state index is 0.0527. The fourth-order valence-corrected chi connectivity index (χ4v) is 2.74. The van der Waals surface area contributed by atoms with Gasteiger partial charge >= 0.3 is 0 Å². The lowest BCUT2D eigenvalue weighted by molar-refractivity contribution is -0.124. The van der Waals surface area contributed by atoms with Crippen molar-refractivity contribution in [3.8, 4) is 0 Å². The predicted octanol–water partition coefficient (Wildman–Crippen LogP) is 1.68. The monoisotopic (exact) mass is 317 g/mol. The molecule has 0 saturated heterocycles. The zero-order valence-corrected chi connectivity index (χ0v) is 13.4. The maximum Gasteiger partial charge on any atom is 0.251 e. The van der Waals surface area contributed by atoms with Gasteiger partial charge in [0.2, 0.25) is 11.8 Å². The van der Waals surface area contributed by atoms with Gasteiger partial charge in [-0.1, -0.05) is 18.9 Å². The van der Waals surface area contributed by atoms with Gasteiger partial charge in [-0.15, -0.1) is 0 Å². The number of benzene rings is 1. The maximum atomic E-state index is 11.9. The summed E-state index contributed by atoms with van der Waals surface area (Å²) in [6.07, 6.45) is 4.33. The molecule has 2 rings (SSSR count). The quantitative estimate of drug-likeness (QED) is 0.746. The molecule has 1 aromatic rings. The van der Waals surface area contributed by atoms with Crippen LogP contribution >= 0.6 is 0 Å². The second-order valence-electron chi connectivity index (χ2n) is 5.73. The molecule has 0 unspecified atom stereocenters. The zero-order valence-electron chi connectivity index (χ0n) is 13.4. The Bertz CT molecular complexity index is 580. The second-order valence-corrected chi connectivity index (χ2v) is 5.73. The first-order valence-corrected chi connectivity index (χ1v) is 8.00. The molecule has 3 amide bonds. The highest BCUT2D eigenvalue weighted by molar-refractivity contribution is 5.97. The van der Waals surface area contributed by atoms with E-state index in [1.54, 1.807) is 31.3 Å². The Kier molecular flexibility index (Phi) is 6.14. The van der Waals surface area contributed by atoms with E-state index >= 15 is 0 Å². The van der Waals surface area contributed by atoms with Gasteiger partial charge in [0, 0.05) is 37.2 Å². The van der Waals surface area contributed by atoms with Crippen molar-refractivity contribution in [1.82, 2.24) is 10.6 Å². The summed E-state index contributed by atoms with van der Waals surface area (Å²) in [5.74, 6) is -0.227. The van der Waals surface area contributed by atoms with Gasteiger partial charge in [-0.3, -0.25) is 14.4 Å². The number of carbonyl (C=O) groups excluding carboxylic acids is 3. The first-order chi connectivity index (χ1) is 11.1. The van der Waals surface area contributed by atoms with Crippen molar-refractivity contribution >= 4 is 23.4 Å². The number of hydrogen-bond donors (Lipinski definition) is 3. The van der Waals surface area contributed by atoms with E-state index in [-0.39, 0.29) is 30.1 Å². The van der Waals surface area contributed by atoms with Crippen molar-refractivity contribution in [2.75, 3.05) is 18.9 Å². The van der Waals surface area contributed by atoms with Crippen LogP contribution in [0.1, 0.15) is 42.5 Å². The number of amides is 3. The Hall–Kier alpha value is -2.37. The van der Waals surface area contributed by atoms with E-state index in [9.17, 15) is 14.4 Å². The van der Waals surface area contributed by atoms with Crippen molar-refractivity contribution in [3.05, 3.63) is 29.8 Å². The molecule has 1 aliphatic carbocycles. The van der Waals surface area contributed by atoms with Crippen LogP contribution in [0, 0.1) is 5.92 Å². The summed E-state index contributed by atoms with van der Waals surface area (Å²) < 4.78 is 0. The Morgan fingerprint density at radius 3 is 2.61 bits per heavy atom. The minimum Gasteiger partial charge on any atom is -0.355 e. The fraction of sp³-hybridized carbons (Fsp3) is 0.471. The summed E-state index contributed by atoms with van der Waals surface area (Å²) in [4.78, 5) is 35.3. The van der Waals surface area contributed by atoms with Crippen LogP contribution in [-0.2, 0) is 9.59 Å². The molecule has 0 radical (unpaired) electrons. The molecule has 1 saturated carbocycles. The number of carbonyl (C=O) groups is 3. The van der Waals surface area contributed by atoms with Gasteiger partial charge in [-0.25, -0.2) is 0 Å². The van der Waals surface area contributed by atoms with Crippen molar-refractivity contribution in [2.45, 2.75) is 32.1 Å². The molecule has 1 fully saturated rings. The first-order valence-electron chi connectivity index (χ1n) is 8.00. The van der Waals surface area contributed by atoms with Crippen LogP contribution in [0.5, 0.6) is 0 Å². The van der Waals surface area contributed by atoms with Crippen molar-refractivity contribution < 1.29 is 14.4 Å². The number of nitrogens with one attached hydrogen (secondary N) is 3. The molecule has 6 nitrogen and oxygen atoms in total. The van der Waals surface area contributed by atoms with Gasteiger partial charge in [0.05, 0.1) is 0 Å². The third kappa shape index (κ3) is 5.09. The van der Waals surface area contributed by atoms with E-state index < -0.39 is 0 Å². The van der Waals surface area contributed by atoms with Crippen LogP contribution in [0.4, 0.5) is 5.69 Å². The van der Waals surface area contributed by atoms with Crippen LogP contribution in [0.25, 0.3) is 0 Å². The van der Waals surface area contributed by atoms with Gasteiger partial charge in [-0.2, -0.15) is 0 Å². The largest absolute Gasteiger partial charge is 0.355 e. The zero-order chi connectivity index (χ0) is 16.7. The summed E-state index contributed by atoms with van der Waals surface area (Å²) in [5, 5.41) is 8.09. The summed E-state index contributed by atoms with van der Waals surface area (Å²) >= 11 is 0. The lowest BCUT2D eigenvalue weighted by Gasteiger charge is -2.10. The summed E-state index contributed by atoms with van der Waals surface area (Å²) in [7, 11) is 1.56. The van der Waals surface area contributed by atoms with Gasteiger partial charge < -0.3 is 16.0 Å². The fourth-order valence-electron chi connectivity index (χ4n) is 2.74. The van der Waals surface area contributed by atoms with Crippen molar-refractivity contribution in [1.29, 1.82) is 0 Å². The molecule has 6 heteroatoms. The van der Waals surface area contributed by atoms with E-state index in [0.717, 1.165) is 25.7 Å². The summed E-state index contributed by atoms with van der Waals surface area (Å²) in [5.41, 5.74) is 1.05. The molecular weight excluding hydrogens is 294 g/mol. The third-order valence-electron chi connectivity index (χ3n) is 4.01. The highest BCUT2D eigenvalue weighted by Gasteiger charge is 2.22. The average molecular weight is 317 g/mol. The van der Waals surface area contributed by atoms with Crippen LogP contribution in [-0.4, -0.2) is 31.3 Å². The maximum absolute atomic E-state index is 11.9. The molecule has 1 aromatic carbocycles. The Morgan fingerprint density at radius 2 is 1.91 bits per heavy atom. The molecule has 0 aliphatic heterocycles. The van der Waals surface area contributed by atoms with E-state index in [1.165, 1.54) is 0 Å². The molecule has 0 atom stereocenters. The molecule has 0 heterocycles. The lowest BCUT2D eigenvalue weighted by atomic mass is 10.1. The normalized spacial score (nSPS) is 14.3. The topological polar surface area (TPSA) is 87.3 Å². The van der Waals surface area contributed by atoms with Gasteiger partial charge in [0.1, 0.15) is 0 Å². The SMILES string of the molecule is CNC(=O)c1cccc(NC(=O)CCNC(=O)C2CCCC2)c1. The minimum atomic E-state index is -0.204. The number of anilines is 1. The van der Waals surface area contributed by atoms with E-state index in [1.807, 2.05) is 0 Å². The Morgan fingerprint density at radius 1 is 1.17 bits per heavy atom. The predicted molar refractivity (Wildman–Crippen MR) is 88.0 cm³/mol. The van der Waals surface area contributed by atoms with Gasteiger partial charge in [0.25, 0.3) is 5.91 Å². The highest BCUT2D eigenvalue weighted by atomic mass is 16.2. The van der Waals surface area contributed by atoms with Crippen molar-refractivity contribution in [3.63, 3.8) is 0 Å². The standard InChI is InChI=1S/C17H23N3O3/c1-18-16(22)13-7-4-8-14(11-13)20-15(21)9-10-19-17(23)12-5-2-3-6-12/h4,7-8,11-12H,2-3,5-6,9-10H2,1H3,(H,18,22)(H,19,23)(H,20,21). The highest BCUT2D eigenvalue weighted by Crippen LogP contribution is 2.24. The van der Waals surface area contributed by atoms with Crippen LogP contribution in [0.15, 0.2) is 24.3 Å². The van der Waals surface area contributed by atoms with Crippen molar-refractivity contribution in [2.24, 2.45) is 5.92 Å². The molecule has 0 spiro atoms. The smallest absolute Gasteiger partial charge is 0.251 e. The number of hydrogen-bond acceptors (Lipinski definition) is 3. The summed E-state index contributed by atoms with van der Waals surface area (Å²) in [6, 6.07) is 6.73. The molecule has 1 aliphatic rings. The second kappa shape index (κ2) is 8.31. The Labute approximate surface area is 136 Å².